The molecule has 0 aliphatic rings. The second kappa shape index (κ2) is 4.13. The molecule has 1 heterocycles. The van der Waals surface area contributed by atoms with Crippen molar-refractivity contribution >= 4 is 6.29 Å². The van der Waals surface area contributed by atoms with E-state index in [0.29, 0.717) is 6.29 Å². The molecule has 0 N–H and O–H groups in total. The molecule has 0 amide bonds. The molecule has 0 unspecified atom stereocenters. The van der Waals surface area contributed by atoms with E-state index in [2.05, 4.69) is 4.98 Å². The minimum absolute atomic E-state index is 0.0793. The van der Waals surface area contributed by atoms with E-state index in [1.54, 1.807) is 0 Å². The van der Waals surface area contributed by atoms with Gasteiger partial charge in [0.1, 0.15) is 0 Å². The van der Waals surface area contributed by atoms with Gasteiger partial charge in [-0.2, -0.15) is 0 Å². The molecule has 14 heavy (non-hydrogen) atoms. The third-order valence-electron chi connectivity index (χ3n) is 1.81. The molecule has 0 bridgehead atoms. The number of alkyl halides is 2. The summed E-state index contributed by atoms with van der Waals surface area (Å²) in [6.07, 6.45) is -2.33. The zero-order valence-electron chi connectivity index (χ0n) is 7.75. The van der Waals surface area contributed by atoms with Crippen LogP contribution in [0.2, 0.25) is 0 Å². The standard InChI is InChI=1S/C9H9F2NO2/c1-5-8(9(10)11)6(4-13)3-7(12-5)14-2/h3-4,9H,1-2H3. The lowest BCUT2D eigenvalue weighted by molar-refractivity contribution is 0.110. The SMILES string of the molecule is COc1cc(C=O)c(C(F)F)c(C)n1. The molecule has 3 nitrogen and oxygen atoms in total. The molecule has 0 aromatic carbocycles. The van der Waals surface area contributed by atoms with E-state index in [-0.39, 0.29) is 22.7 Å². The zero-order chi connectivity index (χ0) is 10.7. The van der Waals surface area contributed by atoms with Crippen LogP contribution in [-0.2, 0) is 0 Å². The first-order valence-electron chi connectivity index (χ1n) is 3.89. The van der Waals surface area contributed by atoms with E-state index in [1.165, 1.54) is 20.1 Å². The van der Waals surface area contributed by atoms with Crippen molar-refractivity contribution < 1.29 is 18.3 Å². The van der Waals surface area contributed by atoms with Crippen molar-refractivity contribution in [2.24, 2.45) is 0 Å². The summed E-state index contributed by atoms with van der Waals surface area (Å²) in [6.45, 7) is 1.41. The van der Waals surface area contributed by atoms with Crippen molar-refractivity contribution in [2.45, 2.75) is 13.3 Å². The maximum Gasteiger partial charge on any atom is 0.266 e. The molecule has 1 rings (SSSR count). The Bertz CT molecular complexity index is 353. The average molecular weight is 201 g/mol. The van der Waals surface area contributed by atoms with Crippen LogP contribution in [0.25, 0.3) is 0 Å². The summed E-state index contributed by atoms with van der Waals surface area (Å²) >= 11 is 0. The van der Waals surface area contributed by atoms with Crippen molar-refractivity contribution in [1.82, 2.24) is 4.98 Å². The van der Waals surface area contributed by atoms with Crippen molar-refractivity contribution in [3.63, 3.8) is 0 Å². The number of aromatic nitrogens is 1. The first kappa shape index (κ1) is 10.6. The Hall–Kier alpha value is -1.52. The maximum absolute atomic E-state index is 12.5. The largest absolute Gasteiger partial charge is 0.481 e. The highest BCUT2D eigenvalue weighted by molar-refractivity contribution is 5.78. The third-order valence-corrected chi connectivity index (χ3v) is 1.81. The molecule has 0 fully saturated rings. The molecule has 1 aromatic rings. The Kier molecular flexibility index (Phi) is 3.11. The number of hydrogen-bond donors (Lipinski definition) is 0. The molecular formula is C9H9F2NO2. The third kappa shape index (κ3) is 1.86. The molecule has 76 valence electrons. The van der Waals surface area contributed by atoms with Crippen molar-refractivity contribution in [1.29, 1.82) is 0 Å². The summed E-state index contributed by atoms with van der Waals surface area (Å²) in [5.74, 6) is 0.161. The van der Waals surface area contributed by atoms with Gasteiger partial charge >= 0.3 is 0 Å². The molecule has 0 aliphatic carbocycles. The Morgan fingerprint density at radius 3 is 2.64 bits per heavy atom. The summed E-state index contributed by atoms with van der Waals surface area (Å²) in [4.78, 5) is 14.3. The maximum atomic E-state index is 12.5. The van der Waals surface area contributed by atoms with Crippen molar-refractivity contribution in [3.8, 4) is 5.88 Å². The number of ether oxygens (including phenoxy) is 1. The lowest BCUT2D eigenvalue weighted by Gasteiger charge is -2.08. The van der Waals surface area contributed by atoms with Crippen LogP contribution in [0.4, 0.5) is 8.78 Å². The van der Waals surface area contributed by atoms with E-state index in [0.717, 1.165) is 0 Å². The quantitative estimate of drug-likeness (QED) is 0.703. The van der Waals surface area contributed by atoms with Crippen LogP contribution < -0.4 is 4.74 Å². The Labute approximate surface area is 79.7 Å². The fourth-order valence-corrected chi connectivity index (χ4v) is 1.16. The molecular weight excluding hydrogens is 192 g/mol. The predicted octanol–water partition coefficient (Wildman–Crippen LogP) is 2.15. The summed E-state index contributed by atoms with van der Waals surface area (Å²) in [6, 6.07) is 1.20. The molecule has 0 saturated heterocycles. The van der Waals surface area contributed by atoms with Crippen LogP contribution in [0.1, 0.15) is 28.0 Å². The smallest absolute Gasteiger partial charge is 0.266 e. The predicted molar refractivity (Wildman–Crippen MR) is 45.9 cm³/mol. The van der Waals surface area contributed by atoms with Gasteiger partial charge in [-0.1, -0.05) is 0 Å². The molecule has 0 atom stereocenters. The number of carbonyl (C=O) groups is 1. The van der Waals surface area contributed by atoms with Gasteiger partial charge in [-0.3, -0.25) is 4.79 Å². The Morgan fingerprint density at radius 1 is 1.57 bits per heavy atom. The van der Waals surface area contributed by atoms with E-state index in [1.807, 2.05) is 0 Å². The van der Waals surface area contributed by atoms with Crippen molar-refractivity contribution in [3.05, 3.63) is 22.9 Å². The second-order valence-corrected chi connectivity index (χ2v) is 2.67. The topological polar surface area (TPSA) is 39.2 Å². The summed E-state index contributed by atoms with van der Waals surface area (Å²) in [5.41, 5.74) is -0.299. The summed E-state index contributed by atoms with van der Waals surface area (Å²) in [5, 5.41) is 0. The highest BCUT2D eigenvalue weighted by Crippen LogP contribution is 2.26. The molecule has 0 radical (unpaired) electrons. The number of aldehydes is 1. The van der Waals surface area contributed by atoms with Gasteiger partial charge in [0, 0.05) is 17.2 Å². The van der Waals surface area contributed by atoms with E-state index < -0.39 is 6.43 Å². The van der Waals surface area contributed by atoms with Gasteiger partial charge in [-0.15, -0.1) is 0 Å². The minimum Gasteiger partial charge on any atom is -0.481 e. The van der Waals surface area contributed by atoms with Gasteiger partial charge in [0.25, 0.3) is 6.43 Å². The normalized spacial score (nSPS) is 10.4. The van der Waals surface area contributed by atoms with Crippen LogP contribution in [0.5, 0.6) is 5.88 Å². The minimum atomic E-state index is -2.70. The number of hydrogen-bond acceptors (Lipinski definition) is 3. The van der Waals surface area contributed by atoms with Crippen LogP contribution in [0, 0.1) is 6.92 Å². The van der Waals surface area contributed by atoms with Gasteiger partial charge in [0.05, 0.1) is 12.8 Å². The lowest BCUT2D eigenvalue weighted by Crippen LogP contribution is -2.01. The Morgan fingerprint density at radius 2 is 2.21 bits per heavy atom. The van der Waals surface area contributed by atoms with Crippen LogP contribution >= 0.6 is 0 Å². The van der Waals surface area contributed by atoms with Gasteiger partial charge in [0.2, 0.25) is 5.88 Å². The fourth-order valence-electron chi connectivity index (χ4n) is 1.16. The number of methoxy groups -OCH3 is 1. The van der Waals surface area contributed by atoms with E-state index in [9.17, 15) is 13.6 Å². The first-order chi connectivity index (χ1) is 6.60. The summed E-state index contributed by atoms with van der Waals surface area (Å²) in [7, 11) is 1.36. The monoisotopic (exact) mass is 201 g/mol. The number of pyridine rings is 1. The average Bonchev–Trinajstić information content (AvgIpc) is 2.15. The molecule has 0 aliphatic heterocycles. The fraction of sp³-hybridized carbons (Fsp3) is 0.333. The number of halogens is 2. The number of nitrogens with zero attached hydrogens (tertiary/aromatic N) is 1. The van der Waals surface area contributed by atoms with Crippen molar-refractivity contribution in [2.75, 3.05) is 7.11 Å². The van der Waals surface area contributed by atoms with Crippen LogP contribution in [-0.4, -0.2) is 18.4 Å². The summed E-state index contributed by atoms with van der Waals surface area (Å²) < 4.78 is 29.7. The van der Waals surface area contributed by atoms with Gasteiger partial charge < -0.3 is 4.74 Å². The molecule has 1 aromatic heterocycles. The number of aryl methyl sites for hydroxylation is 1. The highest BCUT2D eigenvalue weighted by atomic mass is 19.3. The van der Waals surface area contributed by atoms with Gasteiger partial charge in [-0.25, -0.2) is 13.8 Å². The van der Waals surface area contributed by atoms with Crippen LogP contribution in [0.3, 0.4) is 0 Å². The second-order valence-electron chi connectivity index (χ2n) is 2.67. The van der Waals surface area contributed by atoms with E-state index >= 15 is 0 Å². The first-order valence-corrected chi connectivity index (χ1v) is 3.89. The molecule has 0 spiro atoms. The molecule has 5 heteroatoms. The zero-order valence-corrected chi connectivity index (χ0v) is 7.75. The van der Waals surface area contributed by atoms with Gasteiger partial charge in [-0.05, 0) is 6.92 Å². The number of rotatable bonds is 3. The lowest BCUT2D eigenvalue weighted by atomic mass is 10.1. The highest BCUT2D eigenvalue weighted by Gasteiger charge is 2.18. The molecule has 0 saturated carbocycles. The van der Waals surface area contributed by atoms with Gasteiger partial charge in [0.15, 0.2) is 6.29 Å². The number of carbonyl (C=O) groups excluding carboxylic acids is 1. The Balaban J connectivity index is 3.34. The van der Waals surface area contributed by atoms with E-state index in [4.69, 9.17) is 4.74 Å². The van der Waals surface area contributed by atoms with Crippen LogP contribution in [0.15, 0.2) is 6.07 Å².